The number of hydrogen-bond donors (Lipinski definition) is 2. The van der Waals surface area contributed by atoms with E-state index in [1.807, 2.05) is 0 Å². The summed E-state index contributed by atoms with van der Waals surface area (Å²) in [6, 6.07) is 10.1. The number of benzene rings is 2. The van der Waals surface area contributed by atoms with E-state index in [0.29, 0.717) is 0 Å². The van der Waals surface area contributed by atoms with Gasteiger partial charge in [-0.05, 0) is 48.5 Å². The predicted octanol–water partition coefficient (Wildman–Crippen LogP) is 2.30. The maximum atomic E-state index is 13.2. The number of hydrogen-bond acceptors (Lipinski definition) is 13. The Labute approximate surface area is 249 Å². The molecule has 2 aromatic carbocycles. The lowest BCUT2D eigenvalue weighted by Gasteiger charge is -2.23. The van der Waals surface area contributed by atoms with Crippen molar-refractivity contribution >= 4 is 35.8 Å². The quantitative estimate of drug-likeness (QED) is 0.210. The van der Waals surface area contributed by atoms with E-state index in [4.69, 9.17) is 32.8 Å². The molecule has 1 aromatic heterocycles. The third kappa shape index (κ3) is 8.58. The van der Waals surface area contributed by atoms with E-state index in [-0.39, 0.29) is 46.4 Å². The maximum Gasteiger partial charge on any atom is 0.349 e. The lowest BCUT2D eigenvalue weighted by Crippen LogP contribution is -2.50. The molecule has 0 bridgehead atoms. The second kappa shape index (κ2) is 14.9. The minimum absolute atomic E-state index is 0.0169. The number of esters is 4. The Morgan fingerprint density at radius 1 is 0.750 bits per heavy atom. The van der Waals surface area contributed by atoms with Gasteiger partial charge < -0.3 is 43.3 Å². The number of carboxylic acids is 1. The van der Waals surface area contributed by atoms with Gasteiger partial charge in [0.1, 0.15) is 5.76 Å². The molecule has 15 heteroatoms. The van der Waals surface area contributed by atoms with Gasteiger partial charge in [-0.3, -0.25) is 14.4 Å². The van der Waals surface area contributed by atoms with Crippen molar-refractivity contribution in [3.05, 3.63) is 71.7 Å². The molecule has 232 valence electrons. The summed E-state index contributed by atoms with van der Waals surface area (Å²) in [4.78, 5) is 74.3. The highest BCUT2D eigenvalue weighted by atomic mass is 16.6. The first-order chi connectivity index (χ1) is 20.9. The minimum atomic E-state index is -2.34. The van der Waals surface area contributed by atoms with Gasteiger partial charge in [-0.15, -0.1) is 0 Å². The van der Waals surface area contributed by atoms with Gasteiger partial charge in [0.15, 0.2) is 23.0 Å². The van der Waals surface area contributed by atoms with Gasteiger partial charge in [-0.1, -0.05) is 0 Å². The SMILES string of the molecule is COc1cc(C(=O)O[C@@H](C(=O)O)[C@@H](OC(=O)c2ccc(OC(C)=O)c(OC)c2)C(=O)NCc2ccco2)ccc1OC(C)=O. The Morgan fingerprint density at radius 2 is 1.25 bits per heavy atom. The summed E-state index contributed by atoms with van der Waals surface area (Å²) in [7, 11) is 2.49. The second-order valence-corrected chi connectivity index (χ2v) is 8.71. The van der Waals surface area contributed by atoms with Gasteiger partial charge in [0, 0.05) is 13.8 Å². The van der Waals surface area contributed by atoms with Crippen molar-refractivity contribution < 1.29 is 66.7 Å². The molecule has 0 aliphatic heterocycles. The van der Waals surface area contributed by atoms with Gasteiger partial charge in [0.05, 0.1) is 38.2 Å². The summed E-state index contributed by atoms with van der Waals surface area (Å²) in [6.07, 6.45) is -3.21. The Bertz CT molecular complexity index is 1550. The summed E-state index contributed by atoms with van der Waals surface area (Å²) in [5.41, 5.74) is -0.460. The number of carbonyl (C=O) groups excluding carboxylic acids is 5. The van der Waals surface area contributed by atoms with Crippen LogP contribution >= 0.6 is 0 Å². The number of ether oxygens (including phenoxy) is 6. The van der Waals surface area contributed by atoms with Crippen molar-refractivity contribution in [3.63, 3.8) is 0 Å². The van der Waals surface area contributed by atoms with Crippen molar-refractivity contribution in [3.8, 4) is 23.0 Å². The second-order valence-electron chi connectivity index (χ2n) is 8.71. The number of amides is 1. The fraction of sp³-hybridized carbons (Fsp3) is 0.241. The number of rotatable bonds is 13. The van der Waals surface area contributed by atoms with Gasteiger partial charge in [-0.2, -0.15) is 0 Å². The van der Waals surface area contributed by atoms with Crippen LogP contribution in [0.5, 0.6) is 23.0 Å². The van der Waals surface area contributed by atoms with Crippen molar-refractivity contribution in [2.45, 2.75) is 32.6 Å². The zero-order valence-electron chi connectivity index (χ0n) is 23.8. The molecule has 0 fully saturated rings. The lowest BCUT2D eigenvalue weighted by atomic mass is 10.1. The third-order valence-electron chi connectivity index (χ3n) is 5.57. The molecule has 2 atom stereocenters. The van der Waals surface area contributed by atoms with Gasteiger partial charge in [0.25, 0.3) is 5.91 Å². The van der Waals surface area contributed by atoms with Crippen LogP contribution in [0.3, 0.4) is 0 Å². The standard InChI is InChI=1S/C29H27NO14/c1-15(31)41-20-9-7-17(12-22(20)38-3)28(36)43-24(26(33)30-14-19-6-5-11-40-19)25(27(34)35)44-29(37)18-8-10-21(42-16(2)32)23(13-18)39-4/h5-13,24-25H,14H2,1-4H3,(H,30,33)(H,34,35)/t24-,25-/m1/s1. The number of carboxylic acid groups (broad SMARTS) is 1. The van der Waals surface area contributed by atoms with Crippen LogP contribution in [-0.4, -0.2) is 67.3 Å². The van der Waals surface area contributed by atoms with Gasteiger partial charge in [-0.25, -0.2) is 14.4 Å². The lowest BCUT2D eigenvalue weighted by molar-refractivity contribution is -0.159. The van der Waals surface area contributed by atoms with Crippen molar-refractivity contribution in [1.29, 1.82) is 0 Å². The number of aliphatic carboxylic acids is 1. The van der Waals surface area contributed by atoms with E-state index in [1.165, 1.54) is 44.7 Å². The smallest absolute Gasteiger partial charge is 0.349 e. The largest absolute Gasteiger partial charge is 0.493 e. The van der Waals surface area contributed by atoms with E-state index in [1.54, 1.807) is 6.07 Å². The van der Waals surface area contributed by atoms with E-state index in [2.05, 4.69) is 5.32 Å². The van der Waals surface area contributed by atoms with Crippen LogP contribution in [-0.2, 0) is 35.2 Å². The van der Waals surface area contributed by atoms with Crippen molar-refractivity contribution in [2.24, 2.45) is 0 Å². The number of furan rings is 1. The van der Waals surface area contributed by atoms with Crippen LogP contribution in [0.4, 0.5) is 0 Å². The zero-order valence-corrected chi connectivity index (χ0v) is 23.8. The fourth-order valence-corrected chi connectivity index (χ4v) is 3.62. The van der Waals surface area contributed by atoms with Gasteiger partial charge in [0.2, 0.25) is 12.2 Å². The Balaban J connectivity index is 1.92. The van der Waals surface area contributed by atoms with Crippen LogP contribution in [0.15, 0.2) is 59.2 Å². The summed E-state index contributed by atoms with van der Waals surface area (Å²) in [5.74, 6) is -6.56. The zero-order chi connectivity index (χ0) is 32.4. The monoisotopic (exact) mass is 613 g/mol. The first-order valence-electron chi connectivity index (χ1n) is 12.6. The molecule has 0 spiro atoms. The normalized spacial score (nSPS) is 11.7. The third-order valence-corrected chi connectivity index (χ3v) is 5.57. The van der Waals surface area contributed by atoms with Crippen LogP contribution in [0, 0.1) is 0 Å². The molecule has 0 saturated heterocycles. The van der Waals surface area contributed by atoms with Crippen LogP contribution in [0.25, 0.3) is 0 Å². The summed E-state index contributed by atoms with van der Waals surface area (Å²) >= 11 is 0. The highest BCUT2D eigenvalue weighted by Crippen LogP contribution is 2.30. The highest BCUT2D eigenvalue weighted by molar-refractivity contribution is 5.97. The molecular formula is C29H27NO14. The van der Waals surface area contributed by atoms with Gasteiger partial charge >= 0.3 is 29.8 Å². The Kier molecular flexibility index (Phi) is 11.0. The minimum Gasteiger partial charge on any atom is -0.493 e. The van der Waals surface area contributed by atoms with E-state index >= 15 is 0 Å². The predicted molar refractivity (Wildman–Crippen MR) is 145 cm³/mol. The molecular weight excluding hydrogens is 586 g/mol. The van der Waals surface area contributed by atoms with Crippen LogP contribution < -0.4 is 24.3 Å². The van der Waals surface area contributed by atoms with E-state index in [0.717, 1.165) is 32.0 Å². The average Bonchev–Trinajstić information content (AvgIpc) is 3.51. The number of methoxy groups -OCH3 is 2. The average molecular weight is 614 g/mol. The van der Waals surface area contributed by atoms with Crippen molar-refractivity contribution in [1.82, 2.24) is 5.32 Å². The summed E-state index contributed by atoms with van der Waals surface area (Å²) < 4.78 is 35.8. The van der Waals surface area contributed by atoms with E-state index < -0.39 is 48.0 Å². The Hall–Kier alpha value is -5.86. The fourth-order valence-electron chi connectivity index (χ4n) is 3.62. The maximum absolute atomic E-state index is 13.2. The van der Waals surface area contributed by atoms with E-state index in [9.17, 15) is 33.9 Å². The first-order valence-corrected chi connectivity index (χ1v) is 12.6. The molecule has 0 aliphatic rings. The first kappa shape index (κ1) is 32.7. The molecule has 1 heterocycles. The molecule has 0 aliphatic carbocycles. The molecule has 0 unspecified atom stereocenters. The number of nitrogens with one attached hydrogen (secondary N) is 1. The summed E-state index contributed by atoms with van der Waals surface area (Å²) in [5, 5.41) is 12.3. The highest BCUT2D eigenvalue weighted by Gasteiger charge is 2.41. The molecule has 15 nitrogen and oxygen atoms in total. The molecule has 3 aromatic rings. The van der Waals surface area contributed by atoms with Crippen LogP contribution in [0.1, 0.15) is 40.3 Å². The molecule has 0 radical (unpaired) electrons. The topological polar surface area (TPSA) is 203 Å². The molecule has 3 rings (SSSR count). The molecule has 0 saturated carbocycles. The Morgan fingerprint density at radius 3 is 1.66 bits per heavy atom. The van der Waals surface area contributed by atoms with Crippen molar-refractivity contribution in [2.75, 3.05) is 14.2 Å². The molecule has 1 amide bonds. The molecule has 2 N–H and O–H groups in total. The molecule has 44 heavy (non-hydrogen) atoms. The number of carbonyl (C=O) groups is 6. The summed E-state index contributed by atoms with van der Waals surface area (Å²) in [6.45, 7) is 2.09. The van der Waals surface area contributed by atoms with Crippen LogP contribution in [0.2, 0.25) is 0 Å².